The third kappa shape index (κ3) is 2.81. The first-order valence-corrected chi connectivity index (χ1v) is 6.47. The fourth-order valence-corrected chi connectivity index (χ4v) is 2.86. The molecule has 0 aliphatic carbocycles. The van der Waals surface area contributed by atoms with E-state index in [4.69, 9.17) is 10.8 Å². The van der Waals surface area contributed by atoms with Crippen molar-refractivity contribution in [3.8, 4) is 0 Å². The number of carbonyl (C=O) groups is 1. The van der Waals surface area contributed by atoms with Crippen LogP contribution in [0, 0.1) is 5.82 Å². The molecule has 1 aromatic rings. The Morgan fingerprint density at radius 1 is 1.56 bits per heavy atom. The molecule has 1 heterocycles. The Morgan fingerprint density at radius 3 is 2.89 bits per heavy atom. The second-order valence-electron chi connectivity index (χ2n) is 4.48. The van der Waals surface area contributed by atoms with Crippen molar-refractivity contribution in [1.29, 1.82) is 0 Å². The molecule has 0 saturated carbocycles. The van der Waals surface area contributed by atoms with Crippen LogP contribution in [0.2, 0.25) is 0 Å². The molecule has 1 saturated heterocycles. The Bertz CT molecular complexity index is 449. The minimum Gasteiger partial charge on any atom is -0.465 e. The number of nitrogens with two attached hydrogens (primary N) is 1. The molecular formula is C12H14BrFN2O2. The van der Waals surface area contributed by atoms with Crippen LogP contribution in [0.25, 0.3) is 0 Å². The van der Waals surface area contributed by atoms with Crippen LogP contribution in [0.4, 0.5) is 9.18 Å². The van der Waals surface area contributed by atoms with Crippen LogP contribution in [0.5, 0.6) is 0 Å². The molecule has 1 aliphatic heterocycles. The van der Waals surface area contributed by atoms with E-state index in [2.05, 4.69) is 15.9 Å². The quantitative estimate of drug-likeness (QED) is 0.879. The van der Waals surface area contributed by atoms with Gasteiger partial charge in [0.05, 0.1) is 6.04 Å². The number of amides is 1. The number of benzene rings is 1. The average Bonchev–Trinajstić information content (AvgIpc) is 2.59. The number of halogens is 2. The van der Waals surface area contributed by atoms with Gasteiger partial charge in [-0.3, -0.25) is 0 Å². The van der Waals surface area contributed by atoms with Gasteiger partial charge in [0.25, 0.3) is 0 Å². The standard InChI is InChI=1S/C12H14BrFN2O2/c13-8-3-7(4-9(14)6-8)5-11-10(15)1-2-16(11)12(17)18/h3-4,6,10-11H,1-2,5,15H2,(H,17,18). The number of likely N-dealkylation sites (tertiary alicyclic amines) is 1. The molecule has 3 N–H and O–H groups in total. The van der Waals surface area contributed by atoms with E-state index in [9.17, 15) is 9.18 Å². The van der Waals surface area contributed by atoms with Crippen LogP contribution in [0.15, 0.2) is 22.7 Å². The maximum Gasteiger partial charge on any atom is 0.407 e. The van der Waals surface area contributed by atoms with Crippen molar-refractivity contribution >= 4 is 22.0 Å². The highest BCUT2D eigenvalue weighted by molar-refractivity contribution is 9.10. The Morgan fingerprint density at radius 2 is 2.28 bits per heavy atom. The highest BCUT2D eigenvalue weighted by Crippen LogP contribution is 2.23. The molecule has 4 nitrogen and oxygen atoms in total. The van der Waals surface area contributed by atoms with Crippen LogP contribution < -0.4 is 5.73 Å². The van der Waals surface area contributed by atoms with E-state index < -0.39 is 6.09 Å². The first kappa shape index (κ1) is 13.3. The van der Waals surface area contributed by atoms with E-state index in [1.165, 1.54) is 17.0 Å². The van der Waals surface area contributed by atoms with Crippen molar-refractivity contribution < 1.29 is 14.3 Å². The van der Waals surface area contributed by atoms with Crippen LogP contribution in [0.1, 0.15) is 12.0 Å². The molecule has 1 fully saturated rings. The minimum atomic E-state index is -0.969. The summed E-state index contributed by atoms with van der Waals surface area (Å²) in [6, 6.07) is 4.09. The maximum atomic E-state index is 13.3. The van der Waals surface area contributed by atoms with Gasteiger partial charge in [-0.25, -0.2) is 9.18 Å². The summed E-state index contributed by atoms with van der Waals surface area (Å²) in [5.41, 5.74) is 6.67. The largest absolute Gasteiger partial charge is 0.465 e. The number of carboxylic acid groups (broad SMARTS) is 1. The van der Waals surface area contributed by atoms with Crippen LogP contribution >= 0.6 is 15.9 Å². The van der Waals surface area contributed by atoms with E-state index in [-0.39, 0.29) is 17.9 Å². The van der Waals surface area contributed by atoms with Gasteiger partial charge in [0.1, 0.15) is 5.82 Å². The molecule has 6 heteroatoms. The minimum absolute atomic E-state index is 0.192. The number of nitrogens with zero attached hydrogens (tertiary/aromatic N) is 1. The lowest BCUT2D eigenvalue weighted by Gasteiger charge is -2.24. The predicted molar refractivity (Wildman–Crippen MR) is 68.9 cm³/mol. The van der Waals surface area contributed by atoms with Crippen molar-refractivity contribution in [2.75, 3.05) is 6.54 Å². The van der Waals surface area contributed by atoms with Gasteiger partial charge in [-0.05, 0) is 36.6 Å². The zero-order valence-corrected chi connectivity index (χ0v) is 11.2. The smallest absolute Gasteiger partial charge is 0.407 e. The van der Waals surface area contributed by atoms with E-state index >= 15 is 0 Å². The average molecular weight is 317 g/mol. The zero-order valence-electron chi connectivity index (χ0n) is 9.64. The van der Waals surface area contributed by atoms with E-state index in [0.29, 0.717) is 23.9 Å². The normalized spacial score (nSPS) is 23.4. The Kier molecular flexibility index (Phi) is 3.87. The van der Waals surface area contributed by atoms with Gasteiger partial charge in [-0.2, -0.15) is 0 Å². The van der Waals surface area contributed by atoms with Crippen LogP contribution in [0.3, 0.4) is 0 Å². The van der Waals surface area contributed by atoms with Crippen molar-refractivity contribution in [2.45, 2.75) is 24.9 Å². The summed E-state index contributed by atoms with van der Waals surface area (Å²) in [7, 11) is 0. The maximum absolute atomic E-state index is 13.3. The second-order valence-corrected chi connectivity index (χ2v) is 5.39. The summed E-state index contributed by atoms with van der Waals surface area (Å²) in [6.07, 6.45) is 0.112. The summed E-state index contributed by atoms with van der Waals surface area (Å²) >= 11 is 3.22. The third-order valence-corrected chi connectivity index (χ3v) is 3.67. The van der Waals surface area contributed by atoms with Gasteiger partial charge in [0.2, 0.25) is 0 Å². The molecule has 2 rings (SSSR count). The summed E-state index contributed by atoms with van der Waals surface area (Å²) in [6.45, 7) is 0.442. The predicted octanol–water partition coefficient (Wildman–Crippen LogP) is 2.21. The van der Waals surface area contributed by atoms with Crippen molar-refractivity contribution in [3.05, 3.63) is 34.1 Å². The fourth-order valence-electron chi connectivity index (χ4n) is 2.35. The lowest BCUT2D eigenvalue weighted by molar-refractivity contribution is 0.138. The topological polar surface area (TPSA) is 66.6 Å². The molecule has 98 valence electrons. The first-order chi connectivity index (χ1) is 8.47. The number of hydrogen-bond acceptors (Lipinski definition) is 2. The zero-order chi connectivity index (χ0) is 13.3. The summed E-state index contributed by atoms with van der Waals surface area (Å²) in [4.78, 5) is 12.4. The van der Waals surface area contributed by atoms with Gasteiger partial charge in [-0.1, -0.05) is 15.9 Å². The van der Waals surface area contributed by atoms with Gasteiger partial charge < -0.3 is 15.7 Å². The molecule has 2 unspecified atom stereocenters. The van der Waals surface area contributed by atoms with E-state index in [0.717, 1.165) is 5.56 Å². The molecule has 1 amide bonds. The Labute approximate surface area is 113 Å². The molecule has 0 bridgehead atoms. The number of hydrogen-bond donors (Lipinski definition) is 2. The summed E-state index contributed by atoms with van der Waals surface area (Å²) in [5.74, 6) is -0.340. The Hall–Kier alpha value is -1.14. The van der Waals surface area contributed by atoms with Gasteiger partial charge >= 0.3 is 6.09 Å². The van der Waals surface area contributed by atoms with E-state index in [1.54, 1.807) is 6.07 Å². The van der Waals surface area contributed by atoms with Crippen LogP contribution in [-0.2, 0) is 6.42 Å². The lowest BCUT2D eigenvalue weighted by atomic mass is 10.0. The van der Waals surface area contributed by atoms with E-state index in [1.807, 2.05) is 0 Å². The van der Waals surface area contributed by atoms with Crippen molar-refractivity contribution in [2.24, 2.45) is 5.73 Å². The highest BCUT2D eigenvalue weighted by Gasteiger charge is 2.34. The third-order valence-electron chi connectivity index (χ3n) is 3.21. The molecule has 1 aliphatic rings. The van der Waals surface area contributed by atoms with Gasteiger partial charge in [0.15, 0.2) is 0 Å². The first-order valence-electron chi connectivity index (χ1n) is 5.67. The summed E-state index contributed by atoms with van der Waals surface area (Å²) < 4.78 is 13.9. The molecule has 0 spiro atoms. The van der Waals surface area contributed by atoms with Gasteiger partial charge in [0, 0.05) is 17.1 Å². The van der Waals surface area contributed by atoms with Gasteiger partial charge in [-0.15, -0.1) is 0 Å². The molecule has 1 aromatic carbocycles. The lowest BCUT2D eigenvalue weighted by Crippen LogP contribution is -2.43. The Balaban J connectivity index is 2.18. The highest BCUT2D eigenvalue weighted by atomic mass is 79.9. The molecule has 0 aromatic heterocycles. The summed E-state index contributed by atoms with van der Waals surface area (Å²) in [5, 5.41) is 9.08. The van der Waals surface area contributed by atoms with Crippen LogP contribution in [-0.4, -0.2) is 34.7 Å². The molecule has 0 radical (unpaired) electrons. The second kappa shape index (κ2) is 5.24. The van der Waals surface area contributed by atoms with Crippen molar-refractivity contribution in [3.63, 3.8) is 0 Å². The number of rotatable bonds is 2. The fraction of sp³-hybridized carbons (Fsp3) is 0.417. The molecule has 18 heavy (non-hydrogen) atoms. The monoisotopic (exact) mass is 316 g/mol. The van der Waals surface area contributed by atoms with Crippen molar-refractivity contribution in [1.82, 2.24) is 4.90 Å². The SMILES string of the molecule is NC1CCN(C(=O)O)C1Cc1cc(F)cc(Br)c1. The molecule has 2 atom stereocenters. The molecular weight excluding hydrogens is 303 g/mol.